The Kier molecular flexibility index (Phi) is 5.30. The first kappa shape index (κ1) is 15.2. The van der Waals surface area contributed by atoms with Gasteiger partial charge in [-0.2, -0.15) is 0 Å². The first-order valence-electron chi connectivity index (χ1n) is 7.78. The number of anilines is 1. The quantitative estimate of drug-likeness (QED) is 0.893. The monoisotopic (exact) mass is 276 g/mol. The predicted molar refractivity (Wildman–Crippen MR) is 85.8 cm³/mol. The summed E-state index contributed by atoms with van der Waals surface area (Å²) >= 11 is 0. The van der Waals surface area contributed by atoms with Gasteiger partial charge in [0.2, 0.25) is 0 Å². The molecule has 1 saturated heterocycles. The van der Waals surface area contributed by atoms with Gasteiger partial charge < -0.3 is 15.0 Å². The van der Waals surface area contributed by atoms with Crippen LogP contribution in [0.1, 0.15) is 32.3 Å². The topological polar surface area (TPSA) is 24.5 Å². The number of methoxy groups -OCH3 is 1. The van der Waals surface area contributed by atoms with Crippen LogP contribution >= 0.6 is 0 Å². The number of nitrogens with zero attached hydrogens (tertiary/aromatic N) is 1. The van der Waals surface area contributed by atoms with E-state index in [1.807, 2.05) is 0 Å². The number of hydrogen-bond donors (Lipinski definition) is 1. The molecule has 1 heterocycles. The van der Waals surface area contributed by atoms with E-state index >= 15 is 0 Å². The summed E-state index contributed by atoms with van der Waals surface area (Å²) in [5, 5.41) is 3.68. The molecule has 0 aliphatic carbocycles. The molecule has 2 rings (SSSR count). The molecule has 0 amide bonds. The fourth-order valence-corrected chi connectivity index (χ4v) is 3.07. The zero-order valence-corrected chi connectivity index (χ0v) is 13.3. The normalized spacial score (nSPS) is 22.9. The number of hydrogen-bond acceptors (Lipinski definition) is 3. The van der Waals surface area contributed by atoms with E-state index in [9.17, 15) is 0 Å². The summed E-state index contributed by atoms with van der Waals surface area (Å²) in [6.45, 7) is 10.1. The molecule has 1 aromatic carbocycles. The average molecular weight is 276 g/mol. The molecular formula is C17H28N2O. The second-order valence-electron chi connectivity index (χ2n) is 5.93. The summed E-state index contributed by atoms with van der Waals surface area (Å²) in [5.41, 5.74) is 2.54. The lowest BCUT2D eigenvalue weighted by Gasteiger charge is -2.39. The molecule has 2 unspecified atom stereocenters. The Hall–Kier alpha value is -1.22. The molecule has 0 bridgehead atoms. The van der Waals surface area contributed by atoms with Gasteiger partial charge in [0.25, 0.3) is 0 Å². The van der Waals surface area contributed by atoms with Gasteiger partial charge in [-0.3, -0.25) is 0 Å². The van der Waals surface area contributed by atoms with Crippen molar-refractivity contribution in [1.29, 1.82) is 0 Å². The van der Waals surface area contributed by atoms with Crippen LogP contribution in [-0.4, -0.2) is 32.8 Å². The Bertz CT molecular complexity index is 433. The molecule has 112 valence electrons. The van der Waals surface area contributed by atoms with Crippen molar-refractivity contribution in [2.75, 3.05) is 31.6 Å². The third-order valence-electron chi connectivity index (χ3n) is 4.31. The van der Waals surface area contributed by atoms with Crippen LogP contribution < -0.4 is 15.0 Å². The number of nitrogens with one attached hydrogen (secondary N) is 1. The summed E-state index contributed by atoms with van der Waals surface area (Å²) in [5.74, 6) is 1.67. The van der Waals surface area contributed by atoms with Gasteiger partial charge in [-0.25, -0.2) is 0 Å². The van der Waals surface area contributed by atoms with Crippen molar-refractivity contribution in [2.24, 2.45) is 5.92 Å². The molecular weight excluding hydrogens is 248 g/mol. The van der Waals surface area contributed by atoms with E-state index in [0.717, 1.165) is 25.4 Å². The fraction of sp³-hybridized carbons (Fsp3) is 0.647. The van der Waals surface area contributed by atoms with Crippen molar-refractivity contribution >= 4 is 5.69 Å². The highest BCUT2D eigenvalue weighted by Crippen LogP contribution is 2.27. The Morgan fingerprint density at radius 3 is 2.80 bits per heavy atom. The number of benzene rings is 1. The highest BCUT2D eigenvalue weighted by atomic mass is 16.5. The molecule has 2 atom stereocenters. The molecule has 0 saturated carbocycles. The van der Waals surface area contributed by atoms with E-state index in [2.05, 4.69) is 49.2 Å². The summed E-state index contributed by atoms with van der Waals surface area (Å²) in [6.07, 6.45) is 2.44. The molecule has 3 nitrogen and oxygen atoms in total. The van der Waals surface area contributed by atoms with Crippen LogP contribution in [0.25, 0.3) is 0 Å². The van der Waals surface area contributed by atoms with Gasteiger partial charge in [0, 0.05) is 24.8 Å². The van der Waals surface area contributed by atoms with Gasteiger partial charge in [-0.15, -0.1) is 0 Å². The van der Waals surface area contributed by atoms with Gasteiger partial charge in [-0.1, -0.05) is 13.8 Å². The highest BCUT2D eigenvalue weighted by molar-refractivity contribution is 5.53. The standard InChI is InChI=1S/C17H28N2O/c1-5-9-18-16-8-10-19(12-14(16)3)15-6-7-17(20-4)13(2)11-15/h6-7,11,14,16,18H,5,8-10,12H2,1-4H3. The molecule has 0 radical (unpaired) electrons. The Morgan fingerprint density at radius 2 is 2.20 bits per heavy atom. The number of aryl methyl sites for hydroxylation is 1. The molecule has 0 aromatic heterocycles. The summed E-state index contributed by atoms with van der Waals surface area (Å²) in [7, 11) is 1.73. The molecule has 3 heteroatoms. The minimum atomic E-state index is 0.672. The van der Waals surface area contributed by atoms with Gasteiger partial charge in [0.1, 0.15) is 5.75 Å². The van der Waals surface area contributed by atoms with Crippen LogP contribution in [0.4, 0.5) is 5.69 Å². The van der Waals surface area contributed by atoms with Crippen molar-refractivity contribution in [3.05, 3.63) is 23.8 Å². The predicted octanol–water partition coefficient (Wildman–Crippen LogP) is 3.22. The van der Waals surface area contributed by atoms with Crippen molar-refractivity contribution in [1.82, 2.24) is 5.32 Å². The van der Waals surface area contributed by atoms with E-state index in [1.54, 1.807) is 7.11 Å². The average Bonchev–Trinajstić information content (AvgIpc) is 2.46. The molecule has 1 aliphatic heterocycles. The summed E-state index contributed by atoms with van der Waals surface area (Å²) in [6, 6.07) is 7.17. The SMILES string of the molecule is CCCNC1CCN(c2ccc(OC)c(C)c2)CC1C. The van der Waals surface area contributed by atoms with Gasteiger partial charge in [0.05, 0.1) is 7.11 Å². The zero-order chi connectivity index (χ0) is 14.5. The Balaban J connectivity index is 2.00. The second-order valence-corrected chi connectivity index (χ2v) is 5.93. The van der Waals surface area contributed by atoms with Crippen LogP contribution in [0.3, 0.4) is 0 Å². The van der Waals surface area contributed by atoms with E-state index in [0.29, 0.717) is 12.0 Å². The van der Waals surface area contributed by atoms with E-state index in [4.69, 9.17) is 4.74 Å². The van der Waals surface area contributed by atoms with Crippen molar-refractivity contribution in [3.8, 4) is 5.75 Å². The molecule has 1 fully saturated rings. The zero-order valence-electron chi connectivity index (χ0n) is 13.3. The Morgan fingerprint density at radius 1 is 1.40 bits per heavy atom. The summed E-state index contributed by atoms with van der Waals surface area (Å²) < 4.78 is 5.34. The molecule has 0 spiro atoms. The first-order valence-corrected chi connectivity index (χ1v) is 7.78. The summed E-state index contributed by atoms with van der Waals surface area (Å²) in [4.78, 5) is 2.50. The van der Waals surface area contributed by atoms with Crippen molar-refractivity contribution in [3.63, 3.8) is 0 Å². The molecule has 1 N–H and O–H groups in total. The van der Waals surface area contributed by atoms with Crippen LogP contribution in [-0.2, 0) is 0 Å². The lowest BCUT2D eigenvalue weighted by atomic mass is 9.93. The van der Waals surface area contributed by atoms with Crippen LogP contribution in [0.2, 0.25) is 0 Å². The van der Waals surface area contributed by atoms with E-state index in [1.165, 1.54) is 24.1 Å². The third-order valence-corrected chi connectivity index (χ3v) is 4.31. The maximum Gasteiger partial charge on any atom is 0.121 e. The maximum atomic E-state index is 5.34. The lowest BCUT2D eigenvalue weighted by Crippen LogP contribution is -2.48. The van der Waals surface area contributed by atoms with Gasteiger partial charge in [-0.05, 0) is 56.0 Å². The van der Waals surface area contributed by atoms with E-state index < -0.39 is 0 Å². The molecule has 1 aromatic rings. The second kappa shape index (κ2) is 6.98. The third kappa shape index (κ3) is 3.45. The number of rotatable bonds is 5. The minimum absolute atomic E-state index is 0.672. The van der Waals surface area contributed by atoms with Gasteiger partial charge >= 0.3 is 0 Å². The minimum Gasteiger partial charge on any atom is -0.496 e. The number of piperidine rings is 1. The van der Waals surface area contributed by atoms with Crippen molar-refractivity contribution in [2.45, 2.75) is 39.7 Å². The lowest BCUT2D eigenvalue weighted by molar-refractivity contribution is 0.322. The fourth-order valence-electron chi connectivity index (χ4n) is 3.07. The highest BCUT2D eigenvalue weighted by Gasteiger charge is 2.25. The van der Waals surface area contributed by atoms with Crippen molar-refractivity contribution < 1.29 is 4.74 Å². The Labute approximate surface area is 123 Å². The molecule has 1 aliphatic rings. The first-order chi connectivity index (χ1) is 9.65. The molecule has 20 heavy (non-hydrogen) atoms. The van der Waals surface area contributed by atoms with Crippen LogP contribution in [0.15, 0.2) is 18.2 Å². The van der Waals surface area contributed by atoms with Crippen LogP contribution in [0, 0.1) is 12.8 Å². The maximum absolute atomic E-state index is 5.34. The van der Waals surface area contributed by atoms with Crippen LogP contribution in [0.5, 0.6) is 5.75 Å². The smallest absolute Gasteiger partial charge is 0.121 e. The number of ether oxygens (including phenoxy) is 1. The largest absolute Gasteiger partial charge is 0.496 e. The van der Waals surface area contributed by atoms with Gasteiger partial charge in [0.15, 0.2) is 0 Å². The van der Waals surface area contributed by atoms with E-state index in [-0.39, 0.29) is 0 Å².